The number of primary amides is 1. The standard InChI is InChI=1S/C31H41N5O8/c1-4-43-25-13-11-20(18-26(25)42-3)8-7-15-33-30(40)23-19-28(38)34-22(12-14-27(32)37)31(41)36(2)16-17-44-24-10-6-5-9-21(24)29(39)35-23/h5-6,9-11,13,18,22-23H,4,7-8,12,14-17,19H2,1-3H3,(H2,32,37)(H,33,40)(H,34,38)(H,35,39)/t22-,23-/m0/s1. The number of para-hydroxylation sites is 1. The van der Waals surface area contributed by atoms with E-state index < -0.39 is 48.0 Å². The Bertz CT molecular complexity index is 1330. The number of aryl methyl sites for hydroxylation is 1. The van der Waals surface area contributed by atoms with Crippen LogP contribution in [0.25, 0.3) is 0 Å². The molecule has 0 fully saturated rings. The highest BCUT2D eigenvalue weighted by atomic mass is 16.5. The molecule has 3 rings (SSSR count). The van der Waals surface area contributed by atoms with Crippen LogP contribution in [-0.2, 0) is 25.6 Å². The van der Waals surface area contributed by atoms with Crippen molar-refractivity contribution >= 4 is 29.5 Å². The number of likely N-dealkylation sites (N-methyl/N-ethyl adjacent to an activating group) is 1. The van der Waals surface area contributed by atoms with Gasteiger partial charge in [-0.1, -0.05) is 18.2 Å². The van der Waals surface area contributed by atoms with Crippen LogP contribution in [0.5, 0.6) is 17.2 Å². The average molecular weight is 612 g/mol. The van der Waals surface area contributed by atoms with Crippen molar-refractivity contribution in [1.82, 2.24) is 20.9 Å². The smallest absolute Gasteiger partial charge is 0.255 e. The summed E-state index contributed by atoms with van der Waals surface area (Å²) in [7, 11) is 3.11. The third kappa shape index (κ3) is 9.89. The van der Waals surface area contributed by atoms with Crippen molar-refractivity contribution in [2.75, 3.05) is 40.5 Å². The molecule has 0 aliphatic carbocycles. The number of carbonyl (C=O) groups is 5. The lowest BCUT2D eigenvalue weighted by atomic mass is 10.1. The molecular weight excluding hydrogens is 570 g/mol. The number of amides is 5. The second kappa shape index (κ2) is 16.7. The quantitative estimate of drug-likeness (QED) is 0.271. The summed E-state index contributed by atoms with van der Waals surface area (Å²) < 4.78 is 16.7. The van der Waals surface area contributed by atoms with E-state index in [0.717, 1.165) is 5.56 Å². The first-order valence-corrected chi connectivity index (χ1v) is 14.6. The second-order valence-electron chi connectivity index (χ2n) is 10.3. The summed E-state index contributed by atoms with van der Waals surface area (Å²) in [6.45, 7) is 2.89. The van der Waals surface area contributed by atoms with Crippen LogP contribution in [0, 0.1) is 0 Å². The van der Waals surface area contributed by atoms with Crippen LogP contribution in [0.2, 0.25) is 0 Å². The van der Waals surface area contributed by atoms with E-state index in [1.807, 2.05) is 25.1 Å². The molecule has 0 spiro atoms. The van der Waals surface area contributed by atoms with Crippen molar-refractivity contribution in [3.8, 4) is 17.2 Å². The van der Waals surface area contributed by atoms with E-state index in [1.54, 1.807) is 38.4 Å². The minimum absolute atomic E-state index is 0.0203. The lowest BCUT2D eigenvalue weighted by Crippen LogP contribution is -2.53. The summed E-state index contributed by atoms with van der Waals surface area (Å²) in [6, 6.07) is 9.83. The fourth-order valence-corrected chi connectivity index (χ4v) is 4.65. The van der Waals surface area contributed by atoms with Gasteiger partial charge in [-0.15, -0.1) is 0 Å². The summed E-state index contributed by atoms with van der Waals surface area (Å²) in [5.74, 6) is -1.35. The summed E-state index contributed by atoms with van der Waals surface area (Å²) in [5.41, 5.74) is 6.44. The number of nitrogens with one attached hydrogen (secondary N) is 3. The Labute approximate surface area is 256 Å². The van der Waals surface area contributed by atoms with Crippen LogP contribution >= 0.6 is 0 Å². The van der Waals surface area contributed by atoms with Crippen molar-refractivity contribution < 1.29 is 38.2 Å². The Kier molecular flexibility index (Phi) is 12.8. The first kappa shape index (κ1) is 33.7. The SMILES string of the molecule is CCOc1ccc(CCCNC(=O)[C@@H]2CC(=O)N[C@@H](CCC(N)=O)C(=O)N(C)CCOc3ccccc3C(=O)N2)cc1OC. The zero-order chi connectivity index (χ0) is 32.1. The van der Waals surface area contributed by atoms with Crippen LogP contribution in [0.4, 0.5) is 0 Å². The summed E-state index contributed by atoms with van der Waals surface area (Å²) in [6.07, 6.45) is 0.606. The molecule has 13 heteroatoms. The Morgan fingerprint density at radius 2 is 1.89 bits per heavy atom. The molecular formula is C31H41N5O8. The van der Waals surface area contributed by atoms with Gasteiger partial charge in [-0.3, -0.25) is 24.0 Å². The molecule has 2 aromatic rings. The molecule has 1 aliphatic rings. The molecule has 5 amide bonds. The monoisotopic (exact) mass is 611 g/mol. The third-order valence-corrected chi connectivity index (χ3v) is 6.99. The molecule has 0 aromatic heterocycles. The number of methoxy groups -OCH3 is 1. The third-order valence-electron chi connectivity index (χ3n) is 6.99. The number of rotatable bonds is 11. The largest absolute Gasteiger partial charge is 0.493 e. The van der Waals surface area contributed by atoms with Gasteiger partial charge in [-0.2, -0.15) is 0 Å². The number of hydrogen-bond donors (Lipinski definition) is 4. The fourth-order valence-electron chi connectivity index (χ4n) is 4.65. The van der Waals surface area contributed by atoms with Crippen molar-refractivity contribution in [1.29, 1.82) is 0 Å². The number of ether oxygens (including phenoxy) is 3. The lowest BCUT2D eigenvalue weighted by Gasteiger charge is -2.26. The highest BCUT2D eigenvalue weighted by Gasteiger charge is 2.30. The van der Waals surface area contributed by atoms with Gasteiger partial charge in [0, 0.05) is 20.0 Å². The van der Waals surface area contributed by atoms with E-state index in [2.05, 4.69) is 16.0 Å². The maximum atomic E-state index is 13.3. The van der Waals surface area contributed by atoms with E-state index >= 15 is 0 Å². The molecule has 5 N–H and O–H groups in total. The predicted octanol–water partition coefficient (Wildman–Crippen LogP) is 0.933. The molecule has 44 heavy (non-hydrogen) atoms. The Morgan fingerprint density at radius 3 is 2.61 bits per heavy atom. The van der Waals surface area contributed by atoms with Crippen LogP contribution in [-0.4, -0.2) is 87.0 Å². The molecule has 238 valence electrons. The average Bonchev–Trinajstić information content (AvgIpc) is 3.00. The zero-order valence-corrected chi connectivity index (χ0v) is 25.4. The summed E-state index contributed by atoms with van der Waals surface area (Å²) in [5, 5.41) is 8.04. The van der Waals surface area contributed by atoms with E-state index in [9.17, 15) is 24.0 Å². The lowest BCUT2D eigenvalue weighted by molar-refractivity contribution is -0.136. The predicted molar refractivity (Wildman–Crippen MR) is 161 cm³/mol. The van der Waals surface area contributed by atoms with Crippen molar-refractivity contribution in [3.63, 3.8) is 0 Å². The van der Waals surface area contributed by atoms with Gasteiger partial charge >= 0.3 is 0 Å². The van der Waals surface area contributed by atoms with Gasteiger partial charge in [0.1, 0.15) is 24.4 Å². The maximum Gasteiger partial charge on any atom is 0.255 e. The molecule has 1 aliphatic heterocycles. The van der Waals surface area contributed by atoms with Crippen LogP contribution < -0.4 is 35.9 Å². The Balaban J connectivity index is 1.74. The number of nitrogens with two attached hydrogens (primary N) is 1. The van der Waals surface area contributed by atoms with Crippen molar-refractivity contribution in [2.24, 2.45) is 5.73 Å². The number of carbonyl (C=O) groups excluding carboxylic acids is 5. The number of fused-ring (bicyclic) bond motifs is 1. The molecule has 0 saturated carbocycles. The molecule has 0 radical (unpaired) electrons. The van der Waals surface area contributed by atoms with Crippen molar-refractivity contribution in [2.45, 2.75) is 51.1 Å². The van der Waals surface area contributed by atoms with Crippen LogP contribution in [0.3, 0.4) is 0 Å². The molecule has 0 saturated heterocycles. The minimum atomic E-state index is -1.26. The van der Waals surface area contributed by atoms with Crippen LogP contribution in [0.1, 0.15) is 48.5 Å². The molecule has 13 nitrogen and oxygen atoms in total. The molecule has 2 aromatic carbocycles. The Morgan fingerprint density at radius 1 is 1.11 bits per heavy atom. The van der Waals surface area contributed by atoms with E-state index in [1.165, 1.54) is 4.90 Å². The minimum Gasteiger partial charge on any atom is -0.493 e. The van der Waals surface area contributed by atoms with Gasteiger partial charge in [-0.25, -0.2) is 0 Å². The van der Waals surface area contributed by atoms with E-state index in [-0.39, 0.29) is 43.9 Å². The summed E-state index contributed by atoms with van der Waals surface area (Å²) in [4.78, 5) is 65.5. The van der Waals surface area contributed by atoms with Crippen LogP contribution in [0.15, 0.2) is 42.5 Å². The molecule has 1 heterocycles. The first-order valence-electron chi connectivity index (χ1n) is 14.6. The van der Waals surface area contributed by atoms with Gasteiger partial charge in [0.05, 0.1) is 32.2 Å². The van der Waals surface area contributed by atoms with E-state index in [4.69, 9.17) is 19.9 Å². The number of benzene rings is 2. The topological polar surface area (TPSA) is 178 Å². The number of nitrogens with zero attached hydrogens (tertiary/aromatic N) is 1. The highest BCUT2D eigenvalue weighted by molar-refractivity contribution is 6.01. The van der Waals surface area contributed by atoms with Gasteiger partial charge in [0.2, 0.25) is 23.6 Å². The van der Waals surface area contributed by atoms with Gasteiger partial charge in [-0.05, 0) is 56.0 Å². The first-order chi connectivity index (χ1) is 21.1. The normalized spacial score (nSPS) is 17.7. The van der Waals surface area contributed by atoms with Gasteiger partial charge in [0.15, 0.2) is 11.5 Å². The Hall–Kier alpha value is -4.81. The second-order valence-corrected chi connectivity index (χ2v) is 10.3. The molecule has 0 bridgehead atoms. The fraction of sp³-hybridized carbons (Fsp3) is 0.452. The molecule has 0 unspecified atom stereocenters. The van der Waals surface area contributed by atoms with Gasteiger partial charge < -0.3 is 40.8 Å². The molecule has 2 atom stereocenters. The number of hydrogen-bond acceptors (Lipinski definition) is 8. The summed E-state index contributed by atoms with van der Waals surface area (Å²) >= 11 is 0. The van der Waals surface area contributed by atoms with E-state index in [0.29, 0.717) is 30.9 Å². The maximum absolute atomic E-state index is 13.3. The highest BCUT2D eigenvalue weighted by Crippen LogP contribution is 2.28. The van der Waals surface area contributed by atoms with Crippen molar-refractivity contribution in [3.05, 3.63) is 53.6 Å². The van der Waals surface area contributed by atoms with Gasteiger partial charge in [0.25, 0.3) is 5.91 Å². The zero-order valence-electron chi connectivity index (χ0n) is 25.4.